The first-order valence-electron chi connectivity index (χ1n) is 15.1. The highest BCUT2D eigenvalue weighted by Crippen LogP contribution is 2.67. The Bertz CT molecular complexity index is 806. The van der Waals surface area contributed by atoms with Crippen LogP contribution in [0.2, 0.25) is 0 Å². The highest BCUT2D eigenvalue weighted by Gasteiger charge is 2.61. The Kier molecular flexibility index (Phi) is 7.59. The van der Waals surface area contributed by atoms with Crippen molar-refractivity contribution in [2.24, 2.45) is 40.4 Å². The van der Waals surface area contributed by atoms with Crippen LogP contribution >= 0.6 is 0 Å². The molecule has 0 aromatic rings. The second-order valence-electron chi connectivity index (χ2n) is 13.9. The van der Waals surface area contributed by atoms with E-state index in [9.17, 15) is 4.79 Å². The van der Waals surface area contributed by atoms with Crippen molar-refractivity contribution < 1.29 is 14.3 Å². The van der Waals surface area contributed by atoms with Gasteiger partial charge in [0.2, 0.25) is 0 Å². The van der Waals surface area contributed by atoms with Gasteiger partial charge in [-0.1, -0.05) is 25.0 Å². The molecule has 198 valence electrons. The maximum Gasteiger partial charge on any atom is 0.157 e. The van der Waals surface area contributed by atoms with E-state index in [1.807, 2.05) is 0 Å². The summed E-state index contributed by atoms with van der Waals surface area (Å²) in [6.07, 6.45) is 17.3. The fourth-order valence-electron chi connectivity index (χ4n) is 9.64. The summed E-state index contributed by atoms with van der Waals surface area (Å²) in [7, 11) is 0. The molecule has 0 spiro atoms. The van der Waals surface area contributed by atoms with Gasteiger partial charge in [0.25, 0.3) is 0 Å². The smallest absolute Gasteiger partial charge is 0.157 e. The molecule has 35 heavy (non-hydrogen) atoms. The van der Waals surface area contributed by atoms with Crippen molar-refractivity contribution in [2.75, 3.05) is 6.61 Å². The summed E-state index contributed by atoms with van der Waals surface area (Å²) in [5.41, 5.74) is 3.51. The summed E-state index contributed by atoms with van der Waals surface area (Å²) in [4.78, 5) is 13.4. The van der Waals surface area contributed by atoms with Crippen LogP contribution in [0.15, 0.2) is 11.1 Å². The summed E-state index contributed by atoms with van der Waals surface area (Å²) in [5.74, 6) is 4.14. The van der Waals surface area contributed by atoms with Crippen LogP contribution in [0.1, 0.15) is 125 Å². The molecule has 0 N–H and O–H groups in total. The number of ether oxygens (including phenoxy) is 2. The van der Waals surface area contributed by atoms with Crippen LogP contribution in [0.5, 0.6) is 0 Å². The first-order chi connectivity index (χ1) is 16.7. The zero-order chi connectivity index (χ0) is 24.8. The number of carbonyl (C=O) groups is 1. The Hall–Kier alpha value is -0.670. The van der Waals surface area contributed by atoms with E-state index in [2.05, 4.69) is 34.6 Å². The van der Waals surface area contributed by atoms with Gasteiger partial charge in [0.05, 0.1) is 6.10 Å². The van der Waals surface area contributed by atoms with Crippen molar-refractivity contribution in [3.05, 3.63) is 11.1 Å². The summed E-state index contributed by atoms with van der Waals surface area (Å²) in [6, 6.07) is 0. The molecule has 3 heteroatoms. The van der Waals surface area contributed by atoms with Crippen molar-refractivity contribution in [3.63, 3.8) is 0 Å². The molecule has 9 unspecified atom stereocenters. The lowest BCUT2D eigenvalue weighted by Gasteiger charge is -2.61. The molecular formula is C32H52O3. The Labute approximate surface area is 215 Å². The zero-order valence-corrected chi connectivity index (χ0v) is 23.4. The monoisotopic (exact) mass is 484 g/mol. The highest BCUT2D eigenvalue weighted by atomic mass is 16.7. The molecule has 0 bridgehead atoms. The number of hydrogen-bond donors (Lipinski definition) is 0. The zero-order valence-electron chi connectivity index (χ0n) is 23.4. The first kappa shape index (κ1) is 26.0. The van der Waals surface area contributed by atoms with Gasteiger partial charge in [0, 0.05) is 18.9 Å². The number of carbonyl (C=O) groups excluding carboxylic acids is 1. The lowest BCUT2D eigenvalue weighted by molar-refractivity contribution is -0.212. The van der Waals surface area contributed by atoms with Gasteiger partial charge in [0.1, 0.15) is 5.78 Å². The van der Waals surface area contributed by atoms with Gasteiger partial charge in [-0.25, -0.2) is 0 Å². The Morgan fingerprint density at radius 3 is 2.37 bits per heavy atom. The fraction of sp³-hybridized carbons (Fsp3) is 0.906. The predicted octanol–water partition coefficient (Wildman–Crippen LogP) is 8.26. The van der Waals surface area contributed by atoms with Crippen LogP contribution < -0.4 is 0 Å². The molecule has 0 amide bonds. The second kappa shape index (κ2) is 10.2. The molecule has 0 radical (unpaired) electrons. The molecule has 1 heterocycles. The normalized spacial score (nSPS) is 45.2. The maximum atomic E-state index is 13.4. The van der Waals surface area contributed by atoms with E-state index in [0.717, 1.165) is 56.0 Å². The largest absolute Gasteiger partial charge is 0.353 e. The number of ketones is 1. The maximum absolute atomic E-state index is 13.4. The number of hydrogen-bond acceptors (Lipinski definition) is 3. The van der Waals surface area contributed by atoms with Gasteiger partial charge in [-0.15, -0.1) is 0 Å². The van der Waals surface area contributed by atoms with Gasteiger partial charge in [0.15, 0.2) is 6.29 Å². The molecule has 4 aliphatic carbocycles. The van der Waals surface area contributed by atoms with Crippen molar-refractivity contribution in [3.8, 4) is 0 Å². The highest BCUT2D eigenvalue weighted by molar-refractivity contribution is 5.82. The number of fused-ring (bicyclic) bond motifs is 5. The fourth-order valence-corrected chi connectivity index (χ4v) is 9.64. The van der Waals surface area contributed by atoms with E-state index >= 15 is 0 Å². The topological polar surface area (TPSA) is 35.5 Å². The van der Waals surface area contributed by atoms with E-state index in [4.69, 9.17) is 9.47 Å². The van der Waals surface area contributed by atoms with Crippen molar-refractivity contribution >= 4 is 5.78 Å². The molecule has 9 atom stereocenters. The lowest BCUT2D eigenvalue weighted by Crippen LogP contribution is -2.54. The summed E-state index contributed by atoms with van der Waals surface area (Å²) in [6.45, 7) is 12.6. The molecule has 0 aromatic heterocycles. The van der Waals surface area contributed by atoms with E-state index < -0.39 is 0 Å². The average molecular weight is 485 g/mol. The van der Waals surface area contributed by atoms with Gasteiger partial charge in [-0.2, -0.15) is 0 Å². The molecule has 5 fully saturated rings. The predicted molar refractivity (Wildman–Crippen MR) is 142 cm³/mol. The third-order valence-electron chi connectivity index (χ3n) is 12.1. The van der Waals surface area contributed by atoms with Crippen LogP contribution in [-0.4, -0.2) is 24.8 Å². The van der Waals surface area contributed by atoms with Gasteiger partial charge >= 0.3 is 0 Å². The minimum absolute atomic E-state index is 0.0540. The second-order valence-corrected chi connectivity index (χ2v) is 13.9. The number of Topliss-reactive ketones (excluding diaryl/α,β-unsaturated/α-hetero) is 1. The van der Waals surface area contributed by atoms with Gasteiger partial charge in [-0.05, 0) is 139 Å². The van der Waals surface area contributed by atoms with Crippen LogP contribution in [0, 0.1) is 40.4 Å². The minimum Gasteiger partial charge on any atom is -0.353 e. The van der Waals surface area contributed by atoms with E-state index in [1.54, 1.807) is 0 Å². The molecule has 1 aliphatic heterocycles. The van der Waals surface area contributed by atoms with Crippen LogP contribution in [0.4, 0.5) is 0 Å². The van der Waals surface area contributed by atoms with Crippen molar-refractivity contribution in [1.29, 1.82) is 0 Å². The Morgan fingerprint density at radius 2 is 1.63 bits per heavy atom. The summed E-state index contributed by atoms with van der Waals surface area (Å²) < 4.78 is 12.4. The Balaban J connectivity index is 1.23. The quantitative estimate of drug-likeness (QED) is 0.281. The number of allylic oxidation sites excluding steroid dienone is 2. The molecule has 5 aliphatic rings. The van der Waals surface area contributed by atoms with Crippen LogP contribution in [0.3, 0.4) is 0 Å². The third-order valence-corrected chi connectivity index (χ3v) is 12.1. The number of rotatable bonds is 6. The lowest BCUT2D eigenvalue weighted by atomic mass is 9.44. The van der Waals surface area contributed by atoms with Gasteiger partial charge < -0.3 is 9.47 Å². The molecule has 4 saturated carbocycles. The van der Waals surface area contributed by atoms with Crippen molar-refractivity contribution in [2.45, 2.75) is 137 Å². The first-order valence-corrected chi connectivity index (χ1v) is 15.1. The minimum atomic E-state index is 0.0540. The van der Waals surface area contributed by atoms with E-state index in [1.165, 1.54) is 75.4 Å². The third kappa shape index (κ3) is 4.83. The summed E-state index contributed by atoms with van der Waals surface area (Å²) in [5, 5.41) is 0. The molecular weight excluding hydrogens is 432 g/mol. The SMILES string of the molecule is CC(C)=C(C)CCC(=O)C1CCC2C3CCC4CC(OC5CCCCO5)CCC4(C)C3CCC12C. The summed E-state index contributed by atoms with van der Waals surface area (Å²) >= 11 is 0. The van der Waals surface area contributed by atoms with E-state index in [-0.39, 0.29) is 11.7 Å². The molecule has 3 nitrogen and oxygen atoms in total. The van der Waals surface area contributed by atoms with Crippen LogP contribution in [-0.2, 0) is 14.3 Å². The average Bonchev–Trinajstić information content (AvgIpc) is 3.20. The molecule has 0 aromatic carbocycles. The van der Waals surface area contributed by atoms with Gasteiger partial charge in [-0.3, -0.25) is 4.79 Å². The molecule has 1 saturated heterocycles. The van der Waals surface area contributed by atoms with Crippen LogP contribution in [0.25, 0.3) is 0 Å². The van der Waals surface area contributed by atoms with Crippen molar-refractivity contribution in [1.82, 2.24) is 0 Å². The standard InChI is InChI=1S/C32H52O3/c1-21(2)22(3)9-14-29(33)28-13-12-26-25-11-10-23-20-24(35-30-8-6-7-19-34-30)15-17-31(23,4)27(25)16-18-32(26,28)5/h23-28,30H,6-20H2,1-5H3. The van der Waals surface area contributed by atoms with E-state index in [0.29, 0.717) is 23.2 Å². The molecule has 5 rings (SSSR count). The Morgan fingerprint density at radius 1 is 0.857 bits per heavy atom.